The van der Waals surface area contributed by atoms with Gasteiger partial charge in [-0.2, -0.15) is 11.8 Å². The summed E-state index contributed by atoms with van der Waals surface area (Å²) in [7, 11) is 0. The zero-order chi connectivity index (χ0) is 15.0. The van der Waals surface area contributed by atoms with Crippen LogP contribution in [0.5, 0.6) is 0 Å². The van der Waals surface area contributed by atoms with Crippen molar-refractivity contribution in [1.29, 1.82) is 0 Å². The number of carbonyl (C=O) groups excluding carboxylic acids is 2. The summed E-state index contributed by atoms with van der Waals surface area (Å²) in [6.07, 6.45) is 1.30. The SMILES string of the molecule is CC(C)(C)OC(=O)CSCCCC(=O)c1ccccc1. The normalized spacial score (nSPS) is 11.2. The summed E-state index contributed by atoms with van der Waals surface area (Å²) in [5.41, 5.74) is 0.325. The molecular weight excluding hydrogens is 272 g/mol. The molecule has 0 unspecified atom stereocenters. The molecule has 0 saturated heterocycles. The van der Waals surface area contributed by atoms with Crippen molar-refractivity contribution in [1.82, 2.24) is 0 Å². The number of hydrogen-bond donors (Lipinski definition) is 0. The molecule has 4 heteroatoms. The summed E-state index contributed by atoms with van der Waals surface area (Å²) < 4.78 is 5.21. The van der Waals surface area contributed by atoms with Crippen LogP contribution in [0.15, 0.2) is 30.3 Å². The first-order valence-electron chi connectivity index (χ1n) is 6.76. The lowest BCUT2D eigenvalue weighted by molar-refractivity contribution is -0.151. The summed E-state index contributed by atoms with van der Waals surface area (Å²) in [6.45, 7) is 5.57. The fourth-order valence-electron chi connectivity index (χ4n) is 1.63. The van der Waals surface area contributed by atoms with Crippen molar-refractivity contribution in [3.05, 3.63) is 35.9 Å². The lowest BCUT2D eigenvalue weighted by Crippen LogP contribution is -2.25. The van der Waals surface area contributed by atoms with Gasteiger partial charge in [-0.3, -0.25) is 9.59 Å². The van der Waals surface area contributed by atoms with E-state index in [1.54, 1.807) is 0 Å². The molecule has 3 nitrogen and oxygen atoms in total. The molecule has 20 heavy (non-hydrogen) atoms. The topological polar surface area (TPSA) is 43.4 Å². The van der Waals surface area contributed by atoms with Crippen LogP contribution in [0.3, 0.4) is 0 Å². The van der Waals surface area contributed by atoms with Crippen molar-refractivity contribution in [3.63, 3.8) is 0 Å². The Bertz CT molecular complexity index is 435. The first-order valence-corrected chi connectivity index (χ1v) is 7.92. The van der Waals surface area contributed by atoms with Gasteiger partial charge in [0.25, 0.3) is 0 Å². The van der Waals surface area contributed by atoms with Gasteiger partial charge in [0.05, 0.1) is 5.75 Å². The maximum absolute atomic E-state index is 11.8. The first kappa shape index (κ1) is 16.8. The molecule has 0 atom stereocenters. The summed E-state index contributed by atoms with van der Waals surface area (Å²) in [6, 6.07) is 9.29. The Morgan fingerprint density at radius 1 is 1.15 bits per heavy atom. The zero-order valence-electron chi connectivity index (χ0n) is 12.3. The third kappa shape index (κ3) is 7.34. The van der Waals surface area contributed by atoms with Gasteiger partial charge in [-0.05, 0) is 32.9 Å². The van der Waals surface area contributed by atoms with E-state index in [4.69, 9.17) is 4.74 Å². The van der Waals surface area contributed by atoms with Gasteiger partial charge in [0.2, 0.25) is 0 Å². The smallest absolute Gasteiger partial charge is 0.316 e. The summed E-state index contributed by atoms with van der Waals surface area (Å²) in [5.74, 6) is 1.09. The Morgan fingerprint density at radius 3 is 2.40 bits per heavy atom. The number of rotatable bonds is 7. The van der Waals surface area contributed by atoms with Crippen molar-refractivity contribution in [2.75, 3.05) is 11.5 Å². The van der Waals surface area contributed by atoms with Crippen LogP contribution < -0.4 is 0 Å². The van der Waals surface area contributed by atoms with Crippen LogP contribution in [0, 0.1) is 0 Å². The van der Waals surface area contributed by atoms with Crippen molar-refractivity contribution in [2.45, 2.75) is 39.2 Å². The third-order valence-corrected chi connectivity index (χ3v) is 3.45. The van der Waals surface area contributed by atoms with E-state index in [-0.39, 0.29) is 11.8 Å². The van der Waals surface area contributed by atoms with Crippen molar-refractivity contribution in [3.8, 4) is 0 Å². The van der Waals surface area contributed by atoms with Gasteiger partial charge in [-0.25, -0.2) is 0 Å². The highest BCUT2D eigenvalue weighted by atomic mass is 32.2. The van der Waals surface area contributed by atoms with E-state index in [0.717, 1.165) is 17.7 Å². The molecule has 1 aromatic carbocycles. The molecule has 0 aliphatic heterocycles. The minimum atomic E-state index is -0.430. The standard InChI is InChI=1S/C16H22O3S/c1-16(2,3)19-15(18)12-20-11-7-10-14(17)13-8-5-4-6-9-13/h4-6,8-9H,7,10-12H2,1-3H3. The van der Waals surface area contributed by atoms with Gasteiger partial charge >= 0.3 is 5.97 Å². The molecule has 0 aliphatic rings. The number of carbonyl (C=O) groups is 2. The molecule has 0 radical (unpaired) electrons. The average molecular weight is 294 g/mol. The molecule has 110 valence electrons. The van der Waals surface area contributed by atoms with E-state index >= 15 is 0 Å². The van der Waals surface area contributed by atoms with E-state index < -0.39 is 5.60 Å². The molecule has 1 rings (SSSR count). The lowest BCUT2D eigenvalue weighted by atomic mass is 10.1. The molecule has 0 amide bonds. The Labute approximate surface area is 125 Å². The van der Waals surface area contributed by atoms with Gasteiger partial charge < -0.3 is 4.74 Å². The molecule has 0 bridgehead atoms. The monoisotopic (exact) mass is 294 g/mol. The molecule has 0 N–H and O–H groups in total. The molecule has 0 fully saturated rings. The fourth-order valence-corrected chi connectivity index (χ4v) is 2.35. The predicted molar refractivity (Wildman–Crippen MR) is 83.2 cm³/mol. The van der Waals surface area contributed by atoms with E-state index in [2.05, 4.69) is 0 Å². The highest BCUT2D eigenvalue weighted by Crippen LogP contribution is 2.12. The van der Waals surface area contributed by atoms with Gasteiger partial charge in [-0.15, -0.1) is 0 Å². The number of benzene rings is 1. The second kappa shape index (κ2) is 8.10. The third-order valence-electron chi connectivity index (χ3n) is 2.43. The Kier molecular flexibility index (Phi) is 6.79. The lowest BCUT2D eigenvalue weighted by Gasteiger charge is -2.19. The largest absolute Gasteiger partial charge is 0.459 e. The minimum Gasteiger partial charge on any atom is -0.459 e. The molecule has 0 saturated carbocycles. The zero-order valence-corrected chi connectivity index (χ0v) is 13.2. The summed E-state index contributed by atoms with van der Waals surface area (Å²) >= 11 is 1.51. The number of ketones is 1. The highest BCUT2D eigenvalue weighted by Gasteiger charge is 2.15. The second-order valence-electron chi connectivity index (χ2n) is 5.53. The maximum atomic E-state index is 11.8. The van der Waals surface area contributed by atoms with Gasteiger partial charge in [0, 0.05) is 12.0 Å². The second-order valence-corrected chi connectivity index (χ2v) is 6.64. The molecule has 0 aliphatic carbocycles. The minimum absolute atomic E-state index is 0.156. The van der Waals surface area contributed by atoms with Gasteiger partial charge in [0.15, 0.2) is 5.78 Å². The highest BCUT2D eigenvalue weighted by molar-refractivity contribution is 7.99. The first-order chi connectivity index (χ1) is 9.38. The van der Waals surface area contributed by atoms with Crippen LogP contribution in [-0.2, 0) is 9.53 Å². The van der Waals surface area contributed by atoms with Crippen LogP contribution >= 0.6 is 11.8 Å². The molecule has 0 spiro atoms. The van der Waals surface area contributed by atoms with E-state index in [1.807, 2.05) is 51.1 Å². The number of Topliss-reactive ketones (excluding diaryl/α,β-unsaturated/α-hetero) is 1. The van der Waals surface area contributed by atoms with Gasteiger partial charge in [0.1, 0.15) is 5.60 Å². The van der Waals surface area contributed by atoms with Crippen molar-refractivity contribution < 1.29 is 14.3 Å². The number of hydrogen-bond acceptors (Lipinski definition) is 4. The Hall–Kier alpha value is -1.29. The van der Waals surface area contributed by atoms with E-state index in [9.17, 15) is 9.59 Å². The molecule has 0 heterocycles. The van der Waals surface area contributed by atoms with Crippen molar-refractivity contribution in [2.24, 2.45) is 0 Å². The van der Waals surface area contributed by atoms with E-state index in [0.29, 0.717) is 12.2 Å². The van der Waals surface area contributed by atoms with Crippen molar-refractivity contribution >= 4 is 23.5 Å². The molecule has 0 aromatic heterocycles. The average Bonchev–Trinajstić information content (AvgIpc) is 2.37. The number of thioether (sulfide) groups is 1. The predicted octanol–water partition coefficient (Wildman–Crippen LogP) is 3.72. The van der Waals surface area contributed by atoms with Crippen LogP contribution in [0.25, 0.3) is 0 Å². The molecular formula is C16H22O3S. The van der Waals surface area contributed by atoms with E-state index in [1.165, 1.54) is 11.8 Å². The number of ether oxygens (including phenoxy) is 1. The Morgan fingerprint density at radius 2 is 1.80 bits per heavy atom. The van der Waals surface area contributed by atoms with Crippen LogP contribution in [0.2, 0.25) is 0 Å². The Balaban J connectivity index is 2.14. The summed E-state index contributed by atoms with van der Waals surface area (Å²) in [4.78, 5) is 23.3. The van der Waals surface area contributed by atoms with Crippen LogP contribution in [0.4, 0.5) is 0 Å². The van der Waals surface area contributed by atoms with Crippen LogP contribution in [-0.4, -0.2) is 28.9 Å². The van der Waals surface area contributed by atoms with Crippen LogP contribution in [0.1, 0.15) is 44.0 Å². The number of esters is 1. The summed E-state index contributed by atoms with van der Waals surface area (Å²) in [5, 5.41) is 0. The van der Waals surface area contributed by atoms with Gasteiger partial charge in [-0.1, -0.05) is 30.3 Å². The maximum Gasteiger partial charge on any atom is 0.316 e. The molecule has 1 aromatic rings. The quantitative estimate of drug-likeness (QED) is 0.437. The fraction of sp³-hybridized carbons (Fsp3) is 0.500.